The van der Waals surface area contributed by atoms with Crippen molar-refractivity contribution >= 4 is 21.8 Å². The van der Waals surface area contributed by atoms with Crippen LogP contribution in [-0.2, 0) is 13.5 Å². The maximum atomic E-state index is 12.1. The molecule has 0 unspecified atom stereocenters. The number of ether oxygens (including phenoxy) is 1. The van der Waals surface area contributed by atoms with Crippen molar-refractivity contribution in [1.82, 2.24) is 20.1 Å². The summed E-state index contributed by atoms with van der Waals surface area (Å²) in [5, 5.41) is 6.98. The van der Waals surface area contributed by atoms with Crippen LogP contribution in [0.25, 0.3) is 0 Å². The van der Waals surface area contributed by atoms with Crippen LogP contribution in [0.4, 0.5) is 0 Å². The summed E-state index contributed by atoms with van der Waals surface area (Å²) < 4.78 is 7.69. The zero-order valence-electron chi connectivity index (χ0n) is 11.3. The molecule has 1 amide bonds. The van der Waals surface area contributed by atoms with Crippen LogP contribution in [0.3, 0.4) is 0 Å². The van der Waals surface area contributed by atoms with Crippen molar-refractivity contribution < 1.29 is 9.53 Å². The van der Waals surface area contributed by atoms with Gasteiger partial charge in [0.2, 0.25) is 0 Å². The molecule has 0 aliphatic rings. The second-order valence-electron chi connectivity index (χ2n) is 4.18. The Bertz CT molecular complexity index is 612. The summed E-state index contributed by atoms with van der Waals surface area (Å²) in [4.78, 5) is 16.2. The fourth-order valence-electron chi connectivity index (χ4n) is 1.73. The molecule has 0 bridgehead atoms. The van der Waals surface area contributed by atoms with E-state index in [9.17, 15) is 4.79 Å². The van der Waals surface area contributed by atoms with E-state index in [2.05, 4.69) is 31.3 Å². The summed E-state index contributed by atoms with van der Waals surface area (Å²) in [5.41, 5.74) is 0.504. The van der Waals surface area contributed by atoms with Gasteiger partial charge in [0, 0.05) is 24.5 Å². The average molecular weight is 339 g/mol. The zero-order chi connectivity index (χ0) is 14.5. The fraction of sp³-hybridized carbons (Fsp3) is 0.308. The van der Waals surface area contributed by atoms with Crippen LogP contribution in [0.2, 0.25) is 0 Å². The lowest BCUT2D eigenvalue weighted by atomic mass is 10.2. The Morgan fingerprint density at radius 1 is 1.50 bits per heavy atom. The molecule has 0 fully saturated rings. The number of hydrogen-bond acceptors (Lipinski definition) is 4. The summed E-state index contributed by atoms with van der Waals surface area (Å²) in [5.74, 6) is 1.06. The van der Waals surface area contributed by atoms with E-state index >= 15 is 0 Å². The van der Waals surface area contributed by atoms with Gasteiger partial charge in [0.25, 0.3) is 5.91 Å². The van der Waals surface area contributed by atoms with Crippen molar-refractivity contribution in [2.45, 2.75) is 6.42 Å². The van der Waals surface area contributed by atoms with Gasteiger partial charge in [-0.05, 0) is 18.2 Å². The van der Waals surface area contributed by atoms with E-state index in [4.69, 9.17) is 4.74 Å². The van der Waals surface area contributed by atoms with E-state index < -0.39 is 0 Å². The molecule has 1 N–H and O–H groups in total. The molecule has 0 aliphatic carbocycles. The predicted molar refractivity (Wildman–Crippen MR) is 77.7 cm³/mol. The standard InChI is InChI=1S/C13H15BrN4O2/c1-18-8-16-12(17-18)5-6-15-13(19)10-4-3-9(14)7-11(10)20-2/h3-4,7-8H,5-6H2,1-2H3,(H,15,19). The number of carbonyl (C=O) groups excluding carboxylic acids is 1. The normalized spacial score (nSPS) is 10.3. The molecule has 1 aromatic heterocycles. The molecule has 6 nitrogen and oxygen atoms in total. The molecule has 7 heteroatoms. The summed E-state index contributed by atoms with van der Waals surface area (Å²) in [6.07, 6.45) is 2.22. The van der Waals surface area contributed by atoms with Crippen molar-refractivity contribution in [3.63, 3.8) is 0 Å². The van der Waals surface area contributed by atoms with Gasteiger partial charge in [-0.2, -0.15) is 5.10 Å². The predicted octanol–water partition coefficient (Wildman–Crippen LogP) is 1.56. The van der Waals surface area contributed by atoms with E-state index in [1.807, 2.05) is 7.05 Å². The Labute approximate surface area is 125 Å². The Morgan fingerprint density at radius 2 is 2.30 bits per heavy atom. The van der Waals surface area contributed by atoms with Gasteiger partial charge < -0.3 is 10.1 Å². The maximum absolute atomic E-state index is 12.1. The second-order valence-corrected chi connectivity index (χ2v) is 5.10. The van der Waals surface area contributed by atoms with Crippen LogP contribution >= 0.6 is 15.9 Å². The number of nitrogens with zero attached hydrogens (tertiary/aromatic N) is 3. The van der Waals surface area contributed by atoms with Gasteiger partial charge in [-0.25, -0.2) is 4.98 Å². The highest BCUT2D eigenvalue weighted by molar-refractivity contribution is 9.10. The van der Waals surface area contributed by atoms with Gasteiger partial charge in [0.1, 0.15) is 12.1 Å². The molecule has 0 saturated heterocycles. The quantitative estimate of drug-likeness (QED) is 0.898. The highest BCUT2D eigenvalue weighted by Gasteiger charge is 2.12. The van der Waals surface area contributed by atoms with Crippen LogP contribution in [0.15, 0.2) is 29.0 Å². The Kier molecular flexibility index (Phi) is 4.73. The van der Waals surface area contributed by atoms with E-state index in [0.29, 0.717) is 30.1 Å². The minimum absolute atomic E-state index is 0.176. The molecule has 2 rings (SSSR count). The molecule has 20 heavy (non-hydrogen) atoms. The third-order valence-corrected chi connectivity index (χ3v) is 3.18. The van der Waals surface area contributed by atoms with Crippen molar-refractivity contribution in [2.24, 2.45) is 7.05 Å². The molecule has 0 radical (unpaired) electrons. The van der Waals surface area contributed by atoms with Crippen LogP contribution in [0.5, 0.6) is 5.75 Å². The number of carbonyl (C=O) groups is 1. The zero-order valence-corrected chi connectivity index (χ0v) is 12.8. The highest BCUT2D eigenvalue weighted by Crippen LogP contribution is 2.23. The molecular formula is C13H15BrN4O2. The fourth-order valence-corrected chi connectivity index (χ4v) is 2.07. The summed E-state index contributed by atoms with van der Waals surface area (Å²) in [7, 11) is 3.35. The molecule has 0 aliphatic heterocycles. The lowest BCUT2D eigenvalue weighted by molar-refractivity contribution is 0.0951. The van der Waals surface area contributed by atoms with Crippen molar-refractivity contribution in [1.29, 1.82) is 0 Å². The lowest BCUT2D eigenvalue weighted by Gasteiger charge is -2.09. The number of rotatable bonds is 5. The molecule has 1 heterocycles. The van der Waals surface area contributed by atoms with Gasteiger partial charge in [-0.1, -0.05) is 15.9 Å². The monoisotopic (exact) mass is 338 g/mol. The third kappa shape index (κ3) is 3.57. The first kappa shape index (κ1) is 14.5. The van der Waals surface area contributed by atoms with E-state index in [0.717, 1.165) is 4.47 Å². The largest absolute Gasteiger partial charge is 0.496 e. The average Bonchev–Trinajstić information content (AvgIpc) is 2.84. The number of aromatic nitrogens is 3. The summed E-state index contributed by atoms with van der Waals surface area (Å²) in [6, 6.07) is 5.28. The number of methoxy groups -OCH3 is 1. The molecule has 2 aromatic rings. The van der Waals surface area contributed by atoms with Gasteiger partial charge in [0.15, 0.2) is 5.82 Å². The minimum Gasteiger partial charge on any atom is -0.496 e. The van der Waals surface area contributed by atoms with Gasteiger partial charge in [-0.15, -0.1) is 0 Å². The summed E-state index contributed by atoms with van der Waals surface area (Å²) >= 11 is 3.34. The minimum atomic E-state index is -0.176. The highest BCUT2D eigenvalue weighted by atomic mass is 79.9. The molecule has 106 valence electrons. The number of amides is 1. The van der Waals surface area contributed by atoms with Crippen LogP contribution in [0.1, 0.15) is 16.2 Å². The maximum Gasteiger partial charge on any atom is 0.255 e. The van der Waals surface area contributed by atoms with E-state index in [1.165, 1.54) is 7.11 Å². The van der Waals surface area contributed by atoms with Gasteiger partial charge in [-0.3, -0.25) is 9.48 Å². The van der Waals surface area contributed by atoms with Crippen LogP contribution in [-0.4, -0.2) is 34.3 Å². The first-order valence-electron chi connectivity index (χ1n) is 6.06. The first-order valence-corrected chi connectivity index (χ1v) is 6.85. The molecule has 0 spiro atoms. The Hall–Kier alpha value is -1.89. The number of halogens is 1. The SMILES string of the molecule is COc1cc(Br)ccc1C(=O)NCCc1ncn(C)n1. The topological polar surface area (TPSA) is 69.0 Å². The van der Waals surface area contributed by atoms with Crippen molar-refractivity contribution in [3.8, 4) is 5.75 Å². The number of hydrogen-bond donors (Lipinski definition) is 1. The smallest absolute Gasteiger partial charge is 0.255 e. The molecular weight excluding hydrogens is 324 g/mol. The Balaban J connectivity index is 1.95. The van der Waals surface area contributed by atoms with E-state index in [1.54, 1.807) is 29.2 Å². The van der Waals surface area contributed by atoms with Crippen molar-refractivity contribution in [2.75, 3.05) is 13.7 Å². The molecule has 1 aromatic carbocycles. The van der Waals surface area contributed by atoms with E-state index in [-0.39, 0.29) is 5.91 Å². The third-order valence-electron chi connectivity index (χ3n) is 2.69. The number of benzene rings is 1. The second kappa shape index (κ2) is 6.51. The number of aryl methyl sites for hydroxylation is 1. The summed E-state index contributed by atoms with van der Waals surface area (Å²) in [6.45, 7) is 0.474. The first-order chi connectivity index (χ1) is 9.60. The molecule has 0 atom stereocenters. The Morgan fingerprint density at radius 3 is 2.95 bits per heavy atom. The van der Waals surface area contributed by atoms with Crippen LogP contribution in [0, 0.1) is 0 Å². The lowest BCUT2D eigenvalue weighted by Crippen LogP contribution is -2.26. The van der Waals surface area contributed by atoms with Crippen molar-refractivity contribution in [3.05, 3.63) is 40.4 Å². The van der Waals surface area contributed by atoms with Crippen LogP contribution < -0.4 is 10.1 Å². The molecule has 0 saturated carbocycles. The van der Waals surface area contributed by atoms with Gasteiger partial charge >= 0.3 is 0 Å². The van der Waals surface area contributed by atoms with Gasteiger partial charge in [0.05, 0.1) is 12.7 Å². The number of nitrogens with one attached hydrogen (secondary N) is 1.